The van der Waals surface area contributed by atoms with Gasteiger partial charge in [0.2, 0.25) is 0 Å². The lowest BCUT2D eigenvalue weighted by molar-refractivity contribution is 0.423. The van der Waals surface area contributed by atoms with Crippen LogP contribution in [0.1, 0.15) is 11.3 Å². The summed E-state index contributed by atoms with van der Waals surface area (Å²) in [4.78, 5) is 4.11. The number of hydrogen-bond donors (Lipinski definition) is 2. The van der Waals surface area contributed by atoms with Gasteiger partial charge in [0, 0.05) is 24.0 Å². The Bertz CT molecular complexity index is 459. The van der Waals surface area contributed by atoms with Crippen molar-refractivity contribution in [3.8, 4) is 5.75 Å². The number of para-hydroxylation sites is 1. The van der Waals surface area contributed by atoms with E-state index >= 15 is 0 Å². The van der Waals surface area contributed by atoms with Crippen molar-refractivity contribution in [2.24, 2.45) is 0 Å². The van der Waals surface area contributed by atoms with Gasteiger partial charge >= 0.3 is 0 Å². The molecule has 0 saturated carbocycles. The highest BCUT2D eigenvalue weighted by Gasteiger charge is 2.05. The van der Waals surface area contributed by atoms with Crippen molar-refractivity contribution in [2.45, 2.75) is 13.1 Å². The quantitative estimate of drug-likeness (QED) is 0.859. The van der Waals surface area contributed by atoms with Crippen LogP contribution < -0.4 is 5.32 Å². The van der Waals surface area contributed by atoms with Crippen LogP contribution in [0.4, 0.5) is 4.39 Å². The van der Waals surface area contributed by atoms with E-state index in [1.807, 2.05) is 5.38 Å². The van der Waals surface area contributed by atoms with Crippen LogP contribution in [0.25, 0.3) is 0 Å². The highest BCUT2D eigenvalue weighted by molar-refractivity contribution is 7.07. The van der Waals surface area contributed by atoms with Crippen LogP contribution in [0.2, 0.25) is 0 Å². The third-order valence-corrected chi connectivity index (χ3v) is 2.81. The highest BCUT2D eigenvalue weighted by atomic mass is 32.1. The monoisotopic (exact) mass is 238 g/mol. The molecule has 0 radical (unpaired) electrons. The third-order valence-electron chi connectivity index (χ3n) is 2.18. The van der Waals surface area contributed by atoms with Crippen molar-refractivity contribution in [2.75, 3.05) is 0 Å². The van der Waals surface area contributed by atoms with Gasteiger partial charge in [-0.15, -0.1) is 11.3 Å². The first-order chi connectivity index (χ1) is 7.77. The lowest BCUT2D eigenvalue weighted by Crippen LogP contribution is -2.13. The molecule has 1 aromatic heterocycles. The second-order valence-electron chi connectivity index (χ2n) is 3.33. The van der Waals surface area contributed by atoms with E-state index in [9.17, 15) is 9.50 Å². The summed E-state index contributed by atoms with van der Waals surface area (Å²) in [6.07, 6.45) is 0. The molecule has 0 fully saturated rings. The summed E-state index contributed by atoms with van der Waals surface area (Å²) in [5.74, 6) is -0.874. The number of phenols is 1. The molecular weight excluding hydrogens is 227 g/mol. The van der Waals surface area contributed by atoms with E-state index in [-0.39, 0.29) is 5.75 Å². The molecule has 0 aliphatic heterocycles. The SMILES string of the molecule is Oc1c(F)cccc1CNCc1cscn1. The van der Waals surface area contributed by atoms with Crippen molar-refractivity contribution in [1.29, 1.82) is 0 Å². The molecule has 5 heteroatoms. The summed E-state index contributed by atoms with van der Waals surface area (Å²) in [6.45, 7) is 1.03. The number of phenolic OH excluding ortho intramolecular Hbond substituents is 1. The van der Waals surface area contributed by atoms with Gasteiger partial charge < -0.3 is 10.4 Å². The average Bonchev–Trinajstić information content (AvgIpc) is 2.77. The molecule has 2 N–H and O–H groups in total. The zero-order valence-electron chi connectivity index (χ0n) is 8.48. The standard InChI is InChI=1S/C11H11FN2OS/c12-10-3-1-2-8(11(10)15)4-13-5-9-6-16-7-14-9/h1-3,6-7,13,15H,4-5H2. The summed E-state index contributed by atoms with van der Waals surface area (Å²) in [5, 5.41) is 14.5. The van der Waals surface area contributed by atoms with Gasteiger partial charge in [0.15, 0.2) is 11.6 Å². The van der Waals surface area contributed by atoms with E-state index in [2.05, 4.69) is 10.3 Å². The first kappa shape index (κ1) is 11.0. The Morgan fingerprint density at radius 1 is 1.38 bits per heavy atom. The van der Waals surface area contributed by atoms with Crippen molar-refractivity contribution in [3.63, 3.8) is 0 Å². The van der Waals surface area contributed by atoms with Crippen molar-refractivity contribution in [3.05, 3.63) is 46.2 Å². The molecule has 84 valence electrons. The maximum atomic E-state index is 13.0. The van der Waals surface area contributed by atoms with Crippen LogP contribution in [0, 0.1) is 5.82 Å². The Kier molecular flexibility index (Phi) is 3.48. The maximum Gasteiger partial charge on any atom is 0.165 e. The summed E-state index contributed by atoms with van der Waals surface area (Å²) in [5.41, 5.74) is 3.26. The van der Waals surface area contributed by atoms with Gasteiger partial charge in [-0.25, -0.2) is 9.37 Å². The van der Waals surface area contributed by atoms with E-state index in [1.165, 1.54) is 17.4 Å². The molecular formula is C11H11FN2OS. The Labute approximate surface area is 96.6 Å². The zero-order valence-corrected chi connectivity index (χ0v) is 9.30. The molecule has 0 aliphatic rings. The topological polar surface area (TPSA) is 45.1 Å². The minimum atomic E-state index is -0.590. The lowest BCUT2D eigenvalue weighted by Gasteiger charge is -2.05. The number of thiazole rings is 1. The number of nitrogens with zero attached hydrogens (tertiary/aromatic N) is 1. The minimum Gasteiger partial charge on any atom is -0.505 e. The van der Waals surface area contributed by atoms with Crippen molar-refractivity contribution < 1.29 is 9.50 Å². The predicted molar refractivity (Wildman–Crippen MR) is 60.7 cm³/mol. The fraction of sp³-hybridized carbons (Fsp3) is 0.182. The fourth-order valence-electron chi connectivity index (χ4n) is 1.35. The van der Waals surface area contributed by atoms with E-state index in [0.717, 1.165) is 5.69 Å². The van der Waals surface area contributed by atoms with Gasteiger partial charge in [0.1, 0.15) is 0 Å². The molecule has 1 heterocycles. The first-order valence-corrected chi connectivity index (χ1v) is 5.76. The number of halogens is 1. The number of aromatic nitrogens is 1. The van der Waals surface area contributed by atoms with E-state index in [4.69, 9.17) is 0 Å². The van der Waals surface area contributed by atoms with Gasteiger partial charge in [-0.05, 0) is 6.07 Å². The molecule has 2 rings (SSSR count). The Morgan fingerprint density at radius 3 is 3.00 bits per heavy atom. The lowest BCUT2D eigenvalue weighted by atomic mass is 10.2. The van der Waals surface area contributed by atoms with Crippen molar-refractivity contribution in [1.82, 2.24) is 10.3 Å². The Hall–Kier alpha value is -1.46. The second kappa shape index (κ2) is 5.05. The smallest absolute Gasteiger partial charge is 0.165 e. The number of nitrogens with one attached hydrogen (secondary N) is 1. The molecule has 0 saturated heterocycles. The summed E-state index contributed by atoms with van der Waals surface area (Å²) < 4.78 is 13.0. The van der Waals surface area contributed by atoms with E-state index in [0.29, 0.717) is 18.7 Å². The van der Waals surface area contributed by atoms with Gasteiger partial charge in [0.25, 0.3) is 0 Å². The average molecular weight is 238 g/mol. The second-order valence-corrected chi connectivity index (χ2v) is 4.05. The van der Waals surface area contributed by atoms with Gasteiger partial charge in [-0.1, -0.05) is 12.1 Å². The molecule has 16 heavy (non-hydrogen) atoms. The van der Waals surface area contributed by atoms with Gasteiger partial charge in [-0.3, -0.25) is 0 Å². The predicted octanol–water partition coefficient (Wildman–Crippen LogP) is 2.28. The minimum absolute atomic E-state index is 0.284. The molecule has 0 bridgehead atoms. The maximum absolute atomic E-state index is 13.0. The van der Waals surface area contributed by atoms with Gasteiger partial charge in [0.05, 0.1) is 11.2 Å². The molecule has 3 nitrogen and oxygen atoms in total. The van der Waals surface area contributed by atoms with Crippen LogP contribution in [-0.2, 0) is 13.1 Å². The zero-order chi connectivity index (χ0) is 11.4. The van der Waals surface area contributed by atoms with Crippen molar-refractivity contribution >= 4 is 11.3 Å². The van der Waals surface area contributed by atoms with Gasteiger partial charge in [-0.2, -0.15) is 0 Å². The number of rotatable bonds is 4. The molecule has 0 aliphatic carbocycles. The first-order valence-electron chi connectivity index (χ1n) is 4.81. The van der Waals surface area contributed by atoms with E-state index < -0.39 is 5.82 Å². The van der Waals surface area contributed by atoms with E-state index in [1.54, 1.807) is 17.6 Å². The number of hydrogen-bond acceptors (Lipinski definition) is 4. The largest absolute Gasteiger partial charge is 0.505 e. The summed E-state index contributed by atoms with van der Waals surface area (Å²) in [6, 6.07) is 4.50. The fourth-order valence-corrected chi connectivity index (χ4v) is 1.91. The molecule has 0 unspecified atom stereocenters. The molecule has 0 spiro atoms. The molecule has 2 aromatic rings. The van der Waals surface area contributed by atoms with Crippen LogP contribution in [0.15, 0.2) is 29.1 Å². The van der Waals surface area contributed by atoms with Crippen LogP contribution in [0.3, 0.4) is 0 Å². The summed E-state index contributed by atoms with van der Waals surface area (Å²) in [7, 11) is 0. The molecule has 1 aromatic carbocycles. The highest BCUT2D eigenvalue weighted by Crippen LogP contribution is 2.20. The summed E-state index contributed by atoms with van der Waals surface area (Å²) >= 11 is 1.53. The van der Waals surface area contributed by atoms with Crippen LogP contribution >= 0.6 is 11.3 Å². The Balaban J connectivity index is 1.92. The molecule has 0 atom stereocenters. The number of aromatic hydroxyl groups is 1. The van der Waals surface area contributed by atoms with Crippen LogP contribution in [-0.4, -0.2) is 10.1 Å². The Morgan fingerprint density at radius 2 is 2.25 bits per heavy atom. The molecule has 0 amide bonds. The number of benzene rings is 1. The third kappa shape index (κ3) is 2.56. The van der Waals surface area contributed by atoms with Crippen LogP contribution in [0.5, 0.6) is 5.75 Å². The normalized spacial score (nSPS) is 10.6.